The van der Waals surface area contributed by atoms with Crippen molar-refractivity contribution in [2.24, 2.45) is 23.2 Å². The Morgan fingerprint density at radius 3 is 2.12 bits per heavy atom. The number of ketones is 1. The highest BCUT2D eigenvalue weighted by molar-refractivity contribution is 5.92. The van der Waals surface area contributed by atoms with Crippen molar-refractivity contribution in [2.75, 3.05) is 0 Å². The van der Waals surface area contributed by atoms with Gasteiger partial charge in [0, 0.05) is 44.0 Å². The number of hydrogen-bond acceptors (Lipinski definition) is 11. The topological polar surface area (TPSA) is 155 Å². The van der Waals surface area contributed by atoms with E-state index in [2.05, 4.69) is 11.6 Å². The first-order chi connectivity index (χ1) is 22.5. The van der Waals surface area contributed by atoms with Crippen molar-refractivity contribution in [1.82, 2.24) is 4.98 Å². The zero-order valence-corrected chi connectivity index (χ0v) is 28.1. The summed E-state index contributed by atoms with van der Waals surface area (Å²) in [6.07, 6.45) is 1.09. The van der Waals surface area contributed by atoms with E-state index in [4.69, 9.17) is 18.9 Å². The van der Waals surface area contributed by atoms with Crippen molar-refractivity contribution in [2.45, 2.75) is 84.4 Å². The maximum Gasteiger partial charge on any atom is 0.340 e. The molecule has 0 aliphatic heterocycles. The summed E-state index contributed by atoms with van der Waals surface area (Å²) in [5, 5.41) is 12.3. The number of aliphatic hydroxyl groups is 1. The van der Waals surface area contributed by atoms with Gasteiger partial charge in [-0.3, -0.25) is 19.4 Å². The molecule has 2 aliphatic rings. The van der Waals surface area contributed by atoms with Gasteiger partial charge < -0.3 is 24.1 Å². The molecule has 8 unspecified atom stereocenters. The minimum Gasteiger partial charge on any atom is -0.458 e. The lowest BCUT2D eigenvalue weighted by molar-refractivity contribution is -0.166. The van der Waals surface area contributed by atoms with Crippen LogP contribution in [-0.4, -0.2) is 69.8 Å². The fraction of sp³-hybridized carbons (Fsp3) is 0.459. The third-order valence-electron chi connectivity index (χ3n) is 9.01. The van der Waals surface area contributed by atoms with Gasteiger partial charge in [0.05, 0.1) is 17.0 Å². The van der Waals surface area contributed by atoms with Crippen molar-refractivity contribution in [3.8, 4) is 0 Å². The van der Waals surface area contributed by atoms with Gasteiger partial charge in [-0.15, -0.1) is 0 Å². The fourth-order valence-corrected chi connectivity index (χ4v) is 6.74. The number of carbonyl (C=O) groups is 5. The second kappa shape index (κ2) is 14.6. The predicted molar refractivity (Wildman–Crippen MR) is 173 cm³/mol. The van der Waals surface area contributed by atoms with E-state index in [0.717, 1.165) is 0 Å². The smallest absolute Gasteiger partial charge is 0.340 e. The Kier molecular flexibility index (Phi) is 11.0. The number of hydrogen-bond donors (Lipinski definition) is 1. The summed E-state index contributed by atoms with van der Waals surface area (Å²) >= 11 is 0. The summed E-state index contributed by atoms with van der Waals surface area (Å²) < 4.78 is 23.6. The number of Topliss-reactive ketones (excluding diaryl/α,β-unsaturated/α-hetero) is 1. The van der Waals surface area contributed by atoms with Gasteiger partial charge in [-0.05, 0) is 42.2 Å². The molecule has 0 saturated heterocycles. The van der Waals surface area contributed by atoms with Crippen LogP contribution in [-0.2, 0) is 33.3 Å². The molecule has 2 aromatic rings. The van der Waals surface area contributed by atoms with Crippen LogP contribution in [0.4, 0.5) is 0 Å². The Morgan fingerprint density at radius 2 is 1.52 bits per heavy atom. The number of allylic oxidation sites excluding steroid dienone is 1. The summed E-state index contributed by atoms with van der Waals surface area (Å²) in [4.78, 5) is 70.0. The molecule has 0 radical (unpaired) electrons. The van der Waals surface area contributed by atoms with Gasteiger partial charge >= 0.3 is 23.9 Å². The van der Waals surface area contributed by atoms with E-state index in [1.165, 1.54) is 32.3 Å². The van der Waals surface area contributed by atoms with Gasteiger partial charge in [-0.2, -0.15) is 0 Å². The Morgan fingerprint density at radius 1 is 0.896 bits per heavy atom. The SMILES string of the molecule is C=C1CC(OC(C)=O)C(OC(=O)c2cccnc2)C(C)(C)C=CC(C)C(=O)C2(O)CC(C)C(OC(=O)c3ccccc3)C2C1OC(C)=O. The lowest BCUT2D eigenvalue weighted by atomic mass is 9.73. The first kappa shape index (κ1) is 36.2. The second-order valence-electron chi connectivity index (χ2n) is 13.3. The van der Waals surface area contributed by atoms with Gasteiger partial charge in [0.2, 0.25) is 0 Å². The maximum absolute atomic E-state index is 14.2. The lowest BCUT2D eigenvalue weighted by Gasteiger charge is -2.41. The first-order valence-corrected chi connectivity index (χ1v) is 15.9. The third-order valence-corrected chi connectivity index (χ3v) is 9.01. The van der Waals surface area contributed by atoms with E-state index in [1.807, 2.05) is 0 Å². The fourth-order valence-electron chi connectivity index (χ4n) is 6.74. The molecule has 256 valence electrons. The Labute approximate surface area is 280 Å². The monoisotopic (exact) mass is 661 g/mol. The van der Waals surface area contributed by atoms with Gasteiger partial charge in [0.1, 0.15) is 30.0 Å². The molecule has 1 heterocycles. The van der Waals surface area contributed by atoms with Crippen LogP contribution in [0.1, 0.15) is 75.1 Å². The minimum atomic E-state index is -2.11. The van der Waals surface area contributed by atoms with Crippen molar-refractivity contribution < 1.29 is 48.0 Å². The highest BCUT2D eigenvalue weighted by Gasteiger charge is 2.62. The Hall–Kier alpha value is -4.64. The van der Waals surface area contributed by atoms with E-state index < -0.39 is 82.8 Å². The molecule has 11 heteroatoms. The standard InChI is InChI=1S/C37H43NO10/c1-21-15-16-36(6,7)33(48-35(43)27-14-11-17-38-20-27)28(45-24(4)39)18-22(2)30(46-25(5)40)29-31(23(3)19-37(29,44)32(21)41)47-34(42)26-12-9-8-10-13-26/h8-17,20-21,23,28-31,33,44H,2,18-19H2,1,3-7H3. The average Bonchev–Trinajstić information content (AvgIpc) is 3.29. The molecule has 1 fully saturated rings. The number of benzene rings is 1. The largest absolute Gasteiger partial charge is 0.458 e. The van der Waals surface area contributed by atoms with Crippen molar-refractivity contribution in [1.29, 1.82) is 0 Å². The van der Waals surface area contributed by atoms with Crippen LogP contribution >= 0.6 is 0 Å². The van der Waals surface area contributed by atoms with E-state index >= 15 is 0 Å². The normalized spacial score (nSPS) is 30.2. The number of ether oxygens (including phenoxy) is 4. The van der Waals surface area contributed by atoms with Crippen LogP contribution in [0.5, 0.6) is 0 Å². The van der Waals surface area contributed by atoms with E-state index in [-0.39, 0.29) is 29.5 Å². The molecule has 8 atom stereocenters. The number of carbonyl (C=O) groups excluding carboxylic acids is 5. The van der Waals surface area contributed by atoms with E-state index in [0.29, 0.717) is 0 Å². The van der Waals surface area contributed by atoms with E-state index in [1.54, 1.807) is 76.2 Å². The highest BCUT2D eigenvalue weighted by atomic mass is 16.6. The average molecular weight is 662 g/mol. The molecule has 0 amide bonds. The summed E-state index contributed by atoms with van der Waals surface area (Å²) in [6, 6.07) is 11.4. The maximum atomic E-state index is 14.2. The van der Waals surface area contributed by atoms with Crippen LogP contribution in [0.2, 0.25) is 0 Å². The van der Waals surface area contributed by atoms with Crippen LogP contribution in [0.25, 0.3) is 0 Å². The molecule has 1 N–H and O–H groups in total. The summed E-state index contributed by atoms with van der Waals surface area (Å²) in [5.41, 5.74) is -2.58. The zero-order chi connectivity index (χ0) is 35.4. The summed E-state index contributed by atoms with van der Waals surface area (Å²) in [7, 11) is 0. The Balaban J connectivity index is 1.86. The molecule has 1 saturated carbocycles. The molecule has 11 nitrogen and oxygen atoms in total. The van der Waals surface area contributed by atoms with Gasteiger partial charge in [-0.25, -0.2) is 9.59 Å². The number of fused-ring (bicyclic) bond motifs is 1. The Bertz CT molecular complexity index is 1570. The minimum absolute atomic E-state index is 0.0887. The van der Waals surface area contributed by atoms with Crippen molar-refractivity contribution in [3.63, 3.8) is 0 Å². The molecule has 4 rings (SSSR count). The second-order valence-corrected chi connectivity index (χ2v) is 13.3. The van der Waals surface area contributed by atoms with Crippen LogP contribution in [0.3, 0.4) is 0 Å². The zero-order valence-electron chi connectivity index (χ0n) is 28.1. The quantitative estimate of drug-likeness (QED) is 0.257. The number of nitrogens with zero attached hydrogens (tertiary/aromatic N) is 1. The van der Waals surface area contributed by atoms with E-state index in [9.17, 15) is 29.1 Å². The van der Waals surface area contributed by atoms with Crippen LogP contribution in [0, 0.1) is 23.2 Å². The molecule has 0 spiro atoms. The number of rotatable bonds is 6. The predicted octanol–water partition coefficient (Wildman–Crippen LogP) is 4.83. The summed E-state index contributed by atoms with van der Waals surface area (Å²) in [6.45, 7) is 13.4. The molecule has 0 bridgehead atoms. The third kappa shape index (κ3) is 7.90. The molecule has 1 aromatic carbocycles. The lowest BCUT2D eigenvalue weighted by Crippen LogP contribution is -2.54. The number of esters is 4. The number of pyridine rings is 1. The molecule has 2 aliphatic carbocycles. The molecular weight excluding hydrogens is 618 g/mol. The van der Waals surface area contributed by atoms with Gasteiger partial charge in [-0.1, -0.05) is 64.6 Å². The number of aromatic nitrogens is 1. The van der Waals surface area contributed by atoms with Gasteiger partial charge in [0.15, 0.2) is 5.78 Å². The molecule has 48 heavy (non-hydrogen) atoms. The molecular formula is C37H43NO10. The molecule has 1 aromatic heterocycles. The summed E-state index contributed by atoms with van der Waals surface area (Å²) in [5.74, 6) is -6.10. The van der Waals surface area contributed by atoms with Crippen LogP contribution in [0.15, 0.2) is 79.2 Å². The van der Waals surface area contributed by atoms with Crippen molar-refractivity contribution >= 4 is 29.7 Å². The highest BCUT2D eigenvalue weighted by Crippen LogP contribution is 2.49. The van der Waals surface area contributed by atoms with Crippen LogP contribution < -0.4 is 0 Å². The van der Waals surface area contributed by atoms with Gasteiger partial charge in [0.25, 0.3) is 0 Å². The van der Waals surface area contributed by atoms with Crippen molar-refractivity contribution in [3.05, 3.63) is 90.3 Å². The first-order valence-electron chi connectivity index (χ1n) is 15.9.